The zero-order valence-corrected chi connectivity index (χ0v) is 12.5. The first kappa shape index (κ1) is 13.9. The Hall–Kier alpha value is -2.07. The van der Waals surface area contributed by atoms with Crippen molar-refractivity contribution in [3.63, 3.8) is 0 Å². The lowest BCUT2D eigenvalue weighted by Gasteiger charge is -2.09. The molecular formula is C16H14ClFN2O. The highest BCUT2D eigenvalue weighted by Crippen LogP contribution is 2.29. The summed E-state index contributed by atoms with van der Waals surface area (Å²) < 4.78 is 21.0. The van der Waals surface area contributed by atoms with Crippen molar-refractivity contribution in [2.45, 2.75) is 12.8 Å². The Balaban J connectivity index is 2.32. The van der Waals surface area contributed by atoms with Gasteiger partial charge in [0.2, 0.25) is 0 Å². The Bertz CT molecular complexity index is 813. The van der Waals surface area contributed by atoms with Gasteiger partial charge < -0.3 is 4.74 Å². The van der Waals surface area contributed by atoms with Gasteiger partial charge in [-0.1, -0.05) is 12.1 Å². The number of fused-ring (bicyclic) bond motifs is 1. The molecule has 0 saturated heterocycles. The second-order valence-corrected chi connectivity index (χ2v) is 5.03. The minimum absolute atomic E-state index is 0.229. The molecule has 108 valence electrons. The molecule has 3 nitrogen and oxygen atoms in total. The third-order valence-electron chi connectivity index (χ3n) is 3.47. The molecule has 0 radical (unpaired) electrons. The number of hydrogen-bond donors (Lipinski definition) is 0. The van der Waals surface area contributed by atoms with Crippen molar-refractivity contribution in [2.75, 3.05) is 7.11 Å². The molecule has 5 heteroatoms. The Morgan fingerprint density at radius 1 is 1.29 bits per heavy atom. The zero-order chi connectivity index (χ0) is 15.0. The van der Waals surface area contributed by atoms with Crippen LogP contribution in [0.15, 0.2) is 36.4 Å². The molecule has 0 bridgehead atoms. The largest absolute Gasteiger partial charge is 0.494 e. The highest BCUT2D eigenvalue weighted by Gasteiger charge is 2.15. The molecule has 21 heavy (non-hydrogen) atoms. The van der Waals surface area contributed by atoms with Gasteiger partial charge in [-0.3, -0.25) is 4.57 Å². The number of rotatable bonds is 3. The van der Waals surface area contributed by atoms with Gasteiger partial charge in [0, 0.05) is 0 Å². The number of aryl methyl sites for hydroxylation is 1. The molecule has 0 N–H and O–H groups in total. The lowest BCUT2D eigenvalue weighted by Crippen LogP contribution is -2.00. The fraction of sp³-hybridized carbons (Fsp3) is 0.188. The summed E-state index contributed by atoms with van der Waals surface area (Å²) in [5, 5.41) is 0. The molecule has 1 aromatic heterocycles. The van der Waals surface area contributed by atoms with Crippen LogP contribution in [0.3, 0.4) is 0 Å². The molecule has 0 atom stereocenters. The lowest BCUT2D eigenvalue weighted by molar-refractivity contribution is 0.419. The van der Waals surface area contributed by atoms with Gasteiger partial charge in [0.15, 0.2) is 0 Å². The molecule has 3 aromatic rings. The predicted octanol–water partition coefficient (Wildman–Crippen LogP) is 4.22. The number of halogens is 2. The van der Waals surface area contributed by atoms with E-state index in [4.69, 9.17) is 16.3 Å². The van der Waals surface area contributed by atoms with Crippen molar-refractivity contribution >= 4 is 22.6 Å². The molecule has 0 saturated carbocycles. The molecule has 3 rings (SSSR count). The summed E-state index contributed by atoms with van der Waals surface area (Å²) in [6, 6.07) is 10.7. The molecule has 0 amide bonds. The topological polar surface area (TPSA) is 27.1 Å². The maximum Gasteiger partial charge on any atom is 0.146 e. The number of methoxy groups -OCH3 is 1. The van der Waals surface area contributed by atoms with E-state index in [-0.39, 0.29) is 11.7 Å². The van der Waals surface area contributed by atoms with E-state index < -0.39 is 0 Å². The predicted molar refractivity (Wildman–Crippen MR) is 81.9 cm³/mol. The standard InChI is InChI=1S/C16H14ClFN2O/c1-10-6-7-11(8-12(10)18)20-13-4-3-5-14(21-2)16(13)19-15(20)9-17/h3-8H,9H2,1-2H3. The molecule has 2 aromatic carbocycles. The molecule has 0 spiro atoms. The van der Waals surface area contributed by atoms with E-state index in [1.807, 2.05) is 28.8 Å². The number of ether oxygens (including phenoxy) is 1. The van der Waals surface area contributed by atoms with E-state index in [2.05, 4.69) is 4.98 Å². The summed E-state index contributed by atoms with van der Waals surface area (Å²) in [6.45, 7) is 1.73. The van der Waals surface area contributed by atoms with Crippen molar-refractivity contribution in [1.29, 1.82) is 0 Å². The third kappa shape index (κ3) is 2.25. The van der Waals surface area contributed by atoms with Gasteiger partial charge in [0.1, 0.15) is 22.9 Å². The maximum atomic E-state index is 13.9. The van der Waals surface area contributed by atoms with Crippen molar-refractivity contribution in [3.05, 3.63) is 53.6 Å². The minimum atomic E-state index is -0.252. The van der Waals surface area contributed by atoms with E-state index in [0.29, 0.717) is 22.8 Å². The van der Waals surface area contributed by atoms with Crippen LogP contribution in [-0.2, 0) is 5.88 Å². The highest BCUT2D eigenvalue weighted by molar-refractivity contribution is 6.17. The van der Waals surface area contributed by atoms with E-state index in [0.717, 1.165) is 11.0 Å². The van der Waals surface area contributed by atoms with Crippen LogP contribution in [-0.4, -0.2) is 16.7 Å². The van der Waals surface area contributed by atoms with E-state index in [9.17, 15) is 4.39 Å². The first-order valence-electron chi connectivity index (χ1n) is 6.52. The minimum Gasteiger partial charge on any atom is -0.494 e. The van der Waals surface area contributed by atoms with Crippen molar-refractivity contribution < 1.29 is 9.13 Å². The monoisotopic (exact) mass is 304 g/mol. The van der Waals surface area contributed by atoms with Crippen molar-refractivity contribution in [2.24, 2.45) is 0 Å². The number of benzene rings is 2. The quantitative estimate of drug-likeness (QED) is 0.677. The number of hydrogen-bond acceptors (Lipinski definition) is 2. The van der Waals surface area contributed by atoms with Crippen LogP contribution in [0.25, 0.3) is 16.7 Å². The van der Waals surface area contributed by atoms with E-state index in [1.165, 1.54) is 6.07 Å². The van der Waals surface area contributed by atoms with Crippen molar-refractivity contribution in [1.82, 2.24) is 9.55 Å². The fourth-order valence-electron chi connectivity index (χ4n) is 2.38. The van der Waals surface area contributed by atoms with Crippen LogP contribution in [0.5, 0.6) is 5.75 Å². The average molecular weight is 305 g/mol. The normalized spacial score (nSPS) is 11.0. The Kier molecular flexibility index (Phi) is 3.55. The summed E-state index contributed by atoms with van der Waals surface area (Å²) in [6.07, 6.45) is 0. The molecule has 0 aliphatic rings. The number of para-hydroxylation sites is 1. The first-order valence-corrected chi connectivity index (χ1v) is 7.06. The lowest BCUT2D eigenvalue weighted by atomic mass is 10.2. The van der Waals surface area contributed by atoms with Gasteiger partial charge in [-0.05, 0) is 36.8 Å². The second kappa shape index (κ2) is 5.37. The smallest absolute Gasteiger partial charge is 0.146 e. The summed E-state index contributed by atoms with van der Waals surface area (Å²) in [4.78, 5) is 4.51. The van der Waals surface area contributed by atoms with Gasteiger partial charge in [-0.15, -0.1) is 11.6 Å². The fourth-order valence-corrected chi connectivity index (χ4v) is 2.56. The first-order chi connectivity index (χ1) is 10.2. The summed E-state index contributed by atoms with van der Waals surface area (Å²) >= 11 is 6.00. The number of nitrogens with zero attached hydrogens (tertiary/aromatic N) is 2. The number of aromatic nitrogens is 2. The molecule has 0 aliphatic carbocycles. The number of alkyl halides is 1. The van der Waals surface area contributed by atoms with Crippen molar-refractivity contribution in [3.8, 4) is 11.4 Å². The molecular weight excluding hydrogens is 291 g/mol. The van der Waals surface area contributed by atoms with Crippen LogP contribution in [0.2, 0.25) is 0 Å². The SMILES string of the molecule is COc1cccc2c1nc(CCl)n2-c1ccc(C)c(F)c1. The van der Waals surface area contributed by atoms with E-state index in [1.54, 1.807) is 20.1 Å². The summed E-state index contributed by atoms with van der Waals surface area (Å²) in [7, 11) is 1.60. The van der Waals surface area contributed by atoms with Gasteiger partial charge in [0.05, 0.1) is 24.2 Å². The Morgan fingerprint density at radius 2 is 2.10 bits per heavy atom. The molecule has 0 aliphatic heterocycles. The van der Waals surface area contributed by atoms with Gasteiger partial charge in [0.25, 0.3) is 0 Å². The Labute approximate surface area is 126 Å². The molecule has 0 unspecified atom stereocenters. The second-order valence-electron chi connectivity index (χ2n) is 4.76. The maximum absolute atomic E-state index is 13.9. The highest BCUT2D eigenvalue weighted by atomic mass is 35.5. The van der Waals surface area contributed by atoms with Gasteiger partial charge >= 0.3 is 0 Å². The summed E-state index contributed by atoms with van der Waals surface area (Å²) in [5.74, 6) is 1.30. The van der Waals surface area contributed by atoms with E-state index >= 15 is 0 Å². The zero-order valence-electron chi connectivity index (χ0n) is 11.7. The third-order valence-corrected chi connectivity index (χ3v) is 3.71. The van der Waals surface area contributed by atoms with Crippen LogP contribution in [0, 0.1) is 12.7 Å². The van der Waals surface area contributed by atoms with Crippen LogP contribution >= 0.6 is 11.6 Å². The Morgan fingerprint density at radius 3 is 2.76 bits per heavy atom. The average Bonchev–Trinajstić information content (AvgIpc) is 2.88. The number of imidazole rings is 1. The van der Waals surface area contributed by atoms with Crippen LogP contribution in [0.4, 0.5) is 4.39 Å². The van der Waals surface area contributed by atoms with Gasteiger partial charge in [-0.2, -0.15) is 0 Å². The van der Waals surface area contributed by atoms with Crippen LogP contribution in [0.1, 0.15) is 11.4 Å². The van der Waals surface area contributed by atoms with Gasteiger partial charge in [-0.25, -0.2) is 9.37 Å². The summed E-state index contributed by atoms with van der Waals surface area (Å²) in [5.41, 5.74) is 2.86. The van der Waals surface area contributed by atoms with Crippen LogP contribution < -0.4 is 4.74 Å². The molecule has 0 fully saturated rings. The molecule has 1 heterocycles.